The third-order valence-corrected chi connectivity index (χ3v) is 5.05. The highest BCUT2D eigenvalue weighted by molar-refractivity contribution is 6.01. The Morgan fingerprint density at radius 3 is 2.74 bits per heavy atom. The minimum absolute atomic E-state index is 0.133. The number of nitriles is 1. The van der Waals surface area contributed by atoms with Gasteiger partial charge in [-0.1, -0.05) is 12.1 Å². The molecule has 0 aliphatic carbocycles. The molecule has 1 unspecified atom stereocenters. The summed E-state index contributed by atoms with van der Waals surface area (Å²) in [5.41, 5.74) is 14.5. The highest BCUT2D eigenvalue weighted by atomic mass is 16.1. The van der Waals surface area contributed by atoms with Gasteiger partial charge in [0.2, 0.25) is 5.91 Å². The number of hydrogen-bond acceptors (Lipinski definition) is 6. The monoisotopic (exact) mass is 361 g/mol. The van der Waals surface area contributed by atoms with Gasteiger partial charge in [-0.05, 0) is 30.5 Å². The molecule has 1 amide bonds. The van der Waals surface area contributed by atoms with Crippen molar-refractivity contribution in [3.63, 3.8) is 0 Å². The van der Waals surface area contributed by atoms with Crippen LogP contribution in [-0.4, -0.2) is 38.4 Å². The number of nitrogen functional groups attached to an aromatic ring is 1. The largest absolute Gasteiger partial charge is 0.383 e. The number of hydrogen-bond donors (Lipinski definition) is 2. The van der Waals surface area contributed by atoms with Crippen LogP contribution < -0.4 is 11.5 Å². The van der Waals surface area contributed by atoms with Crippen molar-refractivity contribution in [2.75, 3.05) is 18.8 Å². The Kier molecular flexibility index (Phi) is 4.12. The molecule has 0 radical (unpaired) electrons. The maximum atomic E-state index is 11.3. The number of carbonyl (C=O) groups is 1. The normalized spacial score (nSPS) is 17.0. The highest BCUT2D eigenvalue weighted by Crippen LogP contribution is 2.36. The minimum Gasteiger partial charge on any atom is -0.383 e. The SMILES string of the molecule is N#CN1CCCC(n2cc(-c3ccc(C(N)=O)cc3)c3c(N)ncnc32)C1. The quantitative estimate of drug-likeness (QED) is 0.686. The van der Waals surface area contributed by atoms with E-state index in [4.69, 9.17) is 11.5 Å². The summed E-state index contributed by atoms with van der Waals surface area (Å²) >= 11 is 0. The molecule has 8 nitrogen and oxygen atoms in total. The van der Waals surface area contributed by atoms with E-state index >= 15 is 0 Å². The number of anilines is 1. The lowest BCUT2D eigenvalue weighted by molar-refractivity contribution is 0.100. The zero-order valence-corrected chi connectivity index (χ0v) is 14.7. The van der Waals surface area contributed by atoms with Gasteiger partial charge < -0.3 is 20.9 Å². The first-order valence-corrected chi connectivity index (χ1v) is 8.74. The van der Waals surface area contributed by atoms with Crippen LogP contribution in [0.25, 0.3) is 22.2 Å². The highest BCUT2D eigenvalue weighted by Gasteiger charge is 2.24. The lowest BCUT2D eigenvalue weighted by Crippen LogP contribution is -2.33. The molecule has 136 valence electrons. The molecule has 4 N–H and O–H groups in total. The molecule has 4 rings (SSSR count). The number of carbonyl (C=O) groups excluding carboxylic acids is 1. The topological polar surface area (TPSA) is 127 Å². The number of rotatable bonds is 3. The Labute approximate surface area is 156 Å². The molecule has 0 saturated carbocycles. The summed E-state index contributed by atoms with van der Waals surface area (Å²) in [4.78, 5) is 21.7. The van der Waals surface area contributed by atoms with Gasteiger partial charge in [0.1, 0.15) is 17.8 Å². The molecular weight excluding hydrogens is 342 g/mol. The van der Waals surface area contributed by atoms with E-state index in [1.807, 2.05) is 18.3 Å². The zero-order valence-electron chi connectivity index (χ0n) is 14.7. The van der Waals surface area contributed by atoms with Gasteiger partial charge in [-0.2, -0.15) is 5.26 Å². The van der Waals surface area contributed by atoms with Gasteiger partial charge in [0.25, 0.3) is 0 Å². The fourth-order valence-corrected chi connectivity index (χ4v) is 3.69. The zero-order chi connectivity index (χ0) is 19.0. The summed E-state index contributed by atoms with van der Waals surface area (Å²) in [5, 5.41) is 10.0. The second-order valence-electron chi connectivity index (χ2n) is 6.69. The van der Waals surface area contributed by atoms with E-state index < -0.39 is 5.91 Å². The van der Waals surface area contributed by atoms with Crippen LogP contribution in [0.1, 0.15) is 29.2 Å². The molecular formula is C19H19N7O. The van der Waals surface area contributed by atoms with Crippen molar-refractivity contribution >= 4 is 22.8 Å². The van der Waals surface area contributed by atoms with Gasteiger partial charge in [0, 0.05) is 30.4 Å². The van der Waals surface area contributed by atoms with E-state index in [0.29, 0.717) is 17.9 Å². The predicted molar refractivity (Wildman–Crippen MR) is 101 cm³/mol. The van der Waals surface area contributed by atoms with Crippen molar-refractivity contribution < 1.29 is 4.79 Å². The van der Waals surface area contributed by atoms with Gasteiger partial charge in [0.05, 0.1) is 11.4 Å². The third kappa shape index (κ3) is 2.93. The molecule has 3 heterocycles. The van der Waals surface area contributed by atoms with E-state index in [1.54, 1.807) is 17.0 Å². The van der Waals surface area contributed by atoms with E-state index in [9.17, 15) is 10.1 Å². The molecule has 1 aliphatic rings. The van der Waals surface area contributed by atoms with Crippen molar-refractivity contribution in [3.05, 3.63) is 42.4 Å². The van der Waals surface area contributed by atoms with Crippen molar-refractivity contribution in [1.29, 1.82) is 5.26 Å². The summed E-state index contributed by atoms with van der Waals surface area (Å²) in [5.74, 6) is -0.0636. The van der Waals surface area contributed by atoms with Crippen molar-refractivity contribution in [2.24, 2.45) is 5.73 Å². The van der Waals surface area contributed by atoms with Gasteiger partial charge in [0.15, 0.2) is 6.19 Å². The number of aromatic nitrogens is 3. The second kappa shape index (κ2) is 6.61. The Morgan fingerprint density at radius 1 is 1.26 bits per heavy atom. The van der Waals surface area contributed by atoms with Crippen LogP contribution in [0, 0.1) is 11.5 Å². The smallest absolute Gasteiger partial charge is 0.248 e. The number of nitrogens with zero attached hydrogens (tertiary/aromatic N) is 5. The van der Waals surface area contributed by atoms with Crippen LogP contribution >= 0.6 is 0 Å². The number of fused-ring (bicyclic) bond motifs is 1. The molecule has 2 aromatic heterocycles. The fraction of sp³-hybridized carbons (Fsp3) is 0.263. The number of primary amides is 1. The molecule has 1 fully saturated rings. The van der Waals surface area contributed by atoms with E-state index in [-0.39, 0.29) is 6.04 Å². The summed E-state index contributed by atoms with van der Waals surface area (Å²) < 4.78 is 2.09. The Morgan fingerprint density at radius 2 is 2.04 bits per heavy atom. The molecule has 0 bridgehead atoms. The summed E-state index contributed by atoms with van der Waals surface area (Å²) in [7, 11) is 0. The average Bonchev–Trinajstić information content (AvgIpc) is 3.09. The van der Waals surface area contributed by atoms with Gasteiger partial charge in [-0.25, -0.2) is 9.97 Å². The summed E-state index contributed by atoms with van der Waals surface area (Å²) in [6.45, 7) is 1.43. The van der Waals surface area contributed by atoms with Crippen molar-refractivity contribution in [3.8, 4) is 17.3 Å². The number of amides is 1. The van der Waals surface area contributed by atoms with Crippen LogP contribution in [-0.2, 0) is 0 Å². The van der Waals surface area contributed by atoms with Crippen LogP contribution in [0.5, 0.6) is 0 Å². The predicted octanol–water partition coefficient (Wildman–Crippen LogP) is 1.90. The fourth-order valence-electron chi connectivity index (χ4n) is 3.69. The molecule has 1 aliphatic heterocycles. The van der Waals surface area contributed by atoms with Gasteiger partial charge in [-0.15, -0.1) is 0 Å². The van der Waals surface area contributed by atoms with Gasteiger partial charge in [-0.3, -0.25) is 4.79 Å². The maximum Gasteiger partial charge on any atom is 0.248 e. The van der Waals surface area contributed by atoms with Crippen LogP contribution in [0.15, 0.2) is 36.8 Å². The number of benzene rings is 1. The molecule has 8 heteroatoms. The van der Waals surface area contributed by atoms with E-state index in [0.717, 1.165) is 41.5 Å². The molecule has 1 aromatic carbocycles. The third-order valence-electron chi connectivity index (χ3n) is 5.05. The first kappa shape index (κ1) is 16.8. The lowest BCUT2D eigenvalue weighted by atomic mass is 10.0. The Bertz CT molecular complexity index is 1050. The second-order valence-corrected chi connectivity index (χ2v) is 6.69. The van der Waals surface area contributed by atoms with E-state index in [1.165, 1.54) is 6.33 Å². The minimum atomic E-state index is -0.467. The van der Waals surface area contributed by atoms with Crippen LogP contribution in [0.2, 0.25) is 0 Å². The van der Waals surface area contributed by atoms with Crippen LogP contribution in [0.4, 0.5) is 5.82 Å². The molecule has 3 aromatic rings. The first-order valence-electron chi connectivity index (χ1n) is 8.74. The number of nitrogens with two attached hydrogens (primary N) is 2. The Balaban J connectivity index is 1.84. The van der Waals surface area contributed by atoms with Crippen molar-refractivity contribution in [2.45, 2.75) is 18.9 Å². The summed E-state index contributed by atoms with van der Waals surface area (Å²) in [6, 6.07) is 7.20. The summed E-state index contributed by atoms with van der Waals surface area (Å²) in [6.07, 6.45) is 7.62. The lowest BCUT2D eigenvalue weighted by Gasteiger charge is -2.30. The molecule has 1 atom stereocenters. The van der Waals surface area contributed by atoms with E-state index in [2.05, 4.69) is 20.7 Å². The first-order chi connectivity index (χ1) is 13.1. The molecule has 0 spiro atoms. The van der Waals surface area contributed by atoms with Crippen LogP contribution in [0.3, 0.4) is 0 Å². The maximum absolute atomic E-state index is 11.3. The standard InChI is InChI=1S/C19H19N7O/c20-10-25-7-1-2-14(8-25)26-9-15(16-17(21)23-11-24-19(16)26)12-3-5-13(6-4-12)18(22)27/h3-6,9,11,14H,1-2,7-8H2,(H2,22,27)(H2,21,23,24). The molecule has 1 saturated heterocycles. The number of likely N-dealkylation sites (tertiary alicyclic amines) is 1. The molecule has 27 heavy (non-hydrogen) atoms. The number of piperidine rings is 1. The Hall–Kier alpha value is -3.60. The van der Waals surface area contributed by atoms with Crippen molar-refractivity contribution in [1.82, 2.24) is 19.4 Å². The van der Waals surface area contributed by atoms with Gasteiger partial charge >= 0.3 is 0 Å². The average molecular weight is 361 g/mol.